The van der Waals surface area contributed by atoms with E-state index in [4.69, 9.17) is 9.47 Å². The van der Waals surface area contributed by atoms with E-state index in [0.717, 1.165) is 0 Å². The third-order valence-corrected chi connectivity index (χ3v) is 6.07. The zero-order chi connectivity index (χ0) is 27.9. The number of aromatic nitrogens is 3. The summed E-state index contributed by atoms with van der Waals surface area (Å²) < 4.78 is 14.0. The van der Waals surface area contributed by atoms with Gasteiger partial charge in [0.15, 0.2) is 0 Å². The number of anilines is 2. The van der Waals surface area contributed by atoms with Gasteiger partial charge in [0.25, 0.3) is 11.5 Å². The number of para-hydroxylation sites is 1. The summed E-state index contributed by atoms with van der Waals surface area (Å²) in [7, 11) is 4.97. The van der Waals surface area contributed by atoms with Gasteiger partial charge in [0.2, 0.25) is 0 Å². The van der Waals surface area contributed by atoms with Crippen LogP contribution >= 0.6 is 0 Å². The van der Waals surface area contributed by atoms with Gasteiger partial charge in [-0.1, -0.05) is 18.2 Å². The molecule has 4 aromatic rings. The van der Waals surface area contributed by atoms with Crippen LogP contribution in [0, 0.1) is 6.92 Å². The molecule has 0 aliphatic rings. The molecule has 2 N–H and O–H groups in total. The van der Waals surface area contributed by atoms with Crippen molar-refractivity contribution >= 4 is 23.4 Å². The number of ether oxygens (including phenoxy) is 2. The number of hydrogen-bond acceptors (Lipinski definition) is 6. The Balaban J connectivity index is 1.42. The van der Waals surface area contributed by atoms with E-state index in [0.29, 0.717) is 47.5 Å². The van der Waals surface area contributed by atoms with Gasteiger partial charge in [-0.3, -0.25) is 19.6 Å². The second-order valence-corrected chi connectivity index (χ2v) is 8.74. The average Bonchev–Trinajstić information content (AvgIpc) is 3.16. The fourth-order valence-corrected chi connectivity index (χ4v) is 3.84. The Kier molecular flexibility index (Phi) is 8.42. The van der Waals surface area contributed by atoms with Gasteiger partial charge >= 0.3 is 6.03 Å². The van der Waals surface area contributed by atoms with Crippen molar-refractivity contribution in [3.8, 4) is 17.2 Å². The molecule has 0 saturated carbocycles. The summed E-state index contributed by atoms with van der Waals surface area (Å²) in [5, 5.41) is 5.50. The van der Waals surface area contributed by atoms with Crippen molar-refractivity contribution in [2.75, 3.05) is 37.9 Å². The minimum atomic E-state index is -0.499. The van der Waals surface area contributed by atoms with Gasteiger partial charge in [0, 0.05) is 45.7 Å². The van der Waals surface area contributed by atoms with Gasteiger partial charge in [-0.05, 0) is 49.4 Å². The molecule has 0 saturated heterocycles. The van der Waals surface area contributed by atoms with E-state index in [1.54, 1.807) is 69.2 Å². The van der Waals surface area contributed by atoms with Crippen LogP contribution in [0.1, 0.15) is 16.1 Å². The Hall–Kier alpha value is -4.90. The Bertz CT molecular complexity index is 1510. The summed E-state index contributed by atoms with van der Waals surface area (Å²) in [6, 6.07) is 18.8. The van der Waals surface area contributed by atoms with E-state index in [1.807, 2.05) is 30.3 Å². The molecule has 0 bridgehead atoms. The molecule has 0 atom stereocenters. The lowest BCUT2D eigenvalue weighted by Crippen LogP contribution is -2.34. The van der Waals surface area contributed by atoms with E-state index in [9.17, 15) is 14.4 Å². The summed E-state index contributed by atoms with van der Waals surface area (Å²) in [4.78, 5) is 44.1. The molecule has 0 aliphatic heterocycles. The van der Waals surface area contributed by atoms with Crippen molar-refractivity contribution in [1.82, 2.24) is 19.2 Å². The highest BCUT2D eigenvalue weighted by Gasteiger charge is 2.22. The van der Waals surface area contributed by atoms with Gasteiger partial charge < -0.3 is 19.7 Å². The van der Waals surface area contributed by atoms with Crippen LogP contribution in [0.3, 0.4) is 0 Å². The number of nitrogens with zero attached hydrogens (tertiary/aromatic N) is 4. The van der Waals surface area contributed by atoms with E-state index < -0.39 is 11.5 Å². The second-order valence-electron chi connectivity index (χ2n) is 8.74. The first-order valence-electron chi connectivity index (χ1n) is 12.2. The Labute approximate surface area is 225 Å². The van der Waals surface area contributed by atoms with Crippen LogP contribution in [-0.2, 0) is 11.8 Å². The SMILES string of the molecule is COCCN(C)C(=O)Nc1cc(Oc2ccc(NC(=O)c3c(C)n(C)n(-c4ccccc4)c3=O)cc2)ccn1. The van der Waals surface area contributed by atoms with Crippen LogP contribution in [0.25, 0.3) is 5.69 Å². The molecule has 3 amide bonds. The van der Waals surface area contributed by atoms with Crippen LogP contribution in [0.4, 0.5) is 16.3 Å². The summed E-state index contributed by atoms with van der Waals surface area (Å²) in [5.41, 5.74) is 1.39. The van der Waals surface area contributed by atoms with Crippen molar-refractivity contribution in [2.24, 2.45) is 7.05 Å². The molecule has 0 radical (unpaired) electrons. The van der Waals surface area contributed by atoms with Crippen molar-refractivity contribution in [3.05, 3.63) is 94.5 Å². The minimum absolute atomic E-state index is 0.0703. The van der Waals surface area contributed by atoms with E-state index in [2.05, 4.69) is 15.6 Å². The molecule has 11 nitrogen and oxygen atoms in total. The number of pyridine rings is 1. The third kappa shape index (κ3) is 6.33. The first kappa shape index (κ1) is 27.1. The summed E-state index contributed by atoms with van der Waals surface area (Å²) in [6.07, 6.45) is 1.53. The van der Waals surface area contributed by atoms with Crippen LogP contribution in [0.5, 0.6) is 11.5 Å². The third-order valence-electron chi connectivity index (χ3n) is 6.07. The fourth-order valence-electron chi connectivity index (χ4n) is 3.84. The van der Waals surface area contributed by atoms with Crippen LogP contribution in [0.2, 0.25) is 0 Å². The number of amides is 3. The molecule has 11 heteroatoms. The number of likely N-dealkylation sites (N-methyl/N-ethyl adjacent to an activating group) is 1. The maximum absolute atomic E-state index is 13.1. The maximum atomic E-state index is 13.1. The average molecular weight is 531 g/mol. The second kappa shape index (κ2) is 12.1. The largest absolute Gasteiger partial charge is 0.457 e. The molecule has 2 aromatic carbocycles. The molecule has 2 aromatic heterocycles. The smallest absolute Gasteiger partial charge is 0.322 e. The number of urea groups is 1. The molecule has 202 valence electrons. The molecule has 0 aliphatic carbocycles. The monoisotopic (exact) mass is 530 g/mol. The Morgan fingerprint density at radius 2 is 1.72 bits per heavy atom. The summed E-state index contributed by atoms with van der Waals surface area (Å²) in [6.45, 7) is 2.60. The molecular weight excluding hydrogens is 500 g/mol. The van der Waals surface area contributed by atoms with Gasteiger partial charge in [-0.15, -0.1) is 0 Å². The van der Waals surface area contributed by atoms with Crippen LogP contribution < -0.4 is 20.9 Å². The number of hydrogen-bond donors (Lipinski definition) is 2. The van der Waals surface area contributed by atoms with Gasteiger partial charge in [-0.25, -0.2) is 14.5 Å². The van der Waals surface area contributed by atoms with E-state index >= 15 is 0 Å². The van der Waals surface area contributed by atoms with Gasteiger partial charge in [-0.2, -0.15) is 0 Å². The maximum Gasteiger partial charge on any atom is 0.322 e. The van der Waals surface area contributed by atoms with Crippen molar-refractivity contribution < 1.29 is 19.1 Å². The van der Waals surface area contributed by atoms with Crippen molar-refractivity contribution in [1.29, 1.82) is 0 Å². The van der Waals surface area contributed by atoms with Crippen molar-refractivity contribution in [3.63, 3.8) is 0 Å². The molecule has 4 rings (SSSR count). The highest BCUT2D eigenvalue weighted by atomic mass is 16.5. The summed E-state index contributed by atoms with van der Waals surface area (Å²) in [5.74, 6) is 0.820. The predicted molar refractivity (Wildman–Crippen MR) is 148 cm³/mol. The lowest BCUT2D eigenvalue weighted by atomic mass is 10.2. The predicted octanol–water partition coefficient (Wildman–Crippen LogP) is 4.03. The minimum Gasteiger partial charge on any atom is -0.457 e. The van der Waals surface area contributed by atoms with Gasteiger partial charge in [0.05, 0.1) is 18.0 Å². The van der Waals surface area contributed by atoms with Gasteiger partial charge in [0.1, 0.15) is 22.9 Å². The number of nitrogens with one attached hydrogen (secondary N) is 2. The first-order valence-corrected chi connectivity index (χ1v) is 12.2. The molecule has 0 unspecified atom stereocenters. The van der Waals surface area contributed by atoms with E-state index in [1.165, 1.54) is 15.8 Å². The normalized spacial score (nSPS) is 10.7. The lowest BCUT2D eigenvalue weighted by molar-refractivity contribution is 0.102. The Morgan fingerprint density at radius 1 is 1.00 bits per heavy atom. The molecule has 0 spiro atoms. The number of carbonyl (C=O) groups is 2. The number of benzene rings is 2. The van der Waals surface area contributed by atoms with E-state index in [-0.39, 0.29) is 11.6 Å². The number of carbonyl (C=O) groups excluding carboxylic acids is 2. The van der Waals surface area contributed by atoms with Crippen molar-refractivity contribution in [2.45, 2.75) is 6.92 Å². The van der Waals surface area contributed by atoms with Crippen LogP contribution in [-0.4, -0.2) is 58.5 Å². The zero-order valence-corrected chi connectivity index (χ0v) is 22.2. The molecule has 0 fully saturated rings. The van der Waals surface area contributed by atoms with Crippen LogP contribution in [0.15, 0.2) is 77.7 Å². The topological polar surface area (TPSA) is 120 Å². The highest BCUT2D eigenvalue weighted by Crippen LogP contribution is 2.25. The zero-order valence-electron chi connectivity index (χ0n) is 22.2. The number of rotatable bonds is 9. The standard InChI is InChI=1S/C28H30N6O5/c1-19-25(27(36)34(33(19)3)21-8-6-5-7-9-21)26(35)30-20-10-12-22(13-11-20)39-23-14-15-29-24(18-23)31-28(37)32(2)16-17-38-4/h5-15,18H,16-17H2,1-4H3,(H,30,35)(H,29,31,37). The quantitative estimate of drug-likeness (QED) is 0.337. The first-order chi connectivity index (χ1) is 18.8. The summed E-state index contributed by atoms with van der Waals surface area (Å²) >= 11 is 0. The molecule has 2 heterocycles. The lowest BCUT2D eigenvalue weighted by Gasteiger charge is -2.17. The highest BCUT2D eigenvalue weighted by molar-refractivity contribution is 6.05. The molecule has 39 heavy (non-hydrogen) atoms. The fraction of sp³-hybridized carbons (Fsp3) is 0.214. The molecular formula is C28H30N6O5. The Morgan fingerprint density at radius 3 is 2.41 bits per heavy atom. The number of methoxy groups -OCH3 is 1.